The van der Waals surface area contributed by atoms with Crippen LogP contribution in [0.3, 0.4) is 0 Å². The Labute approximate surface area is 196 Å². The number of rotatable bonds is 5. The fraction of sp³-hybridized carbons (Fsp3) is 0.250. The molecule has 0 atom stereocenters. The minimum absolute atomic E-state index is 0.223. The molecule has 0 N–H and O–H groups in total. The van der Waals surface area contributed by atoms with Crippen molar-refractivity contribution < 1.29 is 4.79 Å². The molecule has 0 unspecified atom stereocenters. The van der Waals surface area contributed by atoms with Crippen LogP contribution in [-0.4, -0.2) is 37.6 Å². The van der Waals surface area contributed by atoms with E-state index in [9.17, 15) is 4.79 Å². The smallest absolute Gasteiger partial charge is 0.273 e. The van der Waals surface area contributed by atoms with Crippen molar-refractivity contribution in [3.63, 3.8) is 0 Å². The number of amides is 1. The lowest BCUT2D eigenvalue weighted by atomic mass is 10.1. The quantitative estimate of drug-likeness (QED) is 0.363. The van der Waals surface area contributed by atoms with Crippen molar-refractivity contribution in [3.05, 3.63) is 75.7 Å². The van der Waals surface area contributed by atoms with Gasteiger partial charge in [0.2, 0.25) is 0 Å². The standard InChI is InChI=1S/C24H23Cl2N5O/c1-14(2)31-15(3)17(12-27-31)13-30(4)24(32)22-20-11-19(26)8-9-21(20)28-23(29-22)16-6-5-7-18(25)10-16/h5-12,14H,13H2,1-4H3. The second kappa shape index (κ2) is 8.88. The Hall–Kier alpha value is -2.96. The number of hydrogen-bond donors (Lipinski definition) is 0. The van der Waals surface area contributed by atoms with E-state index in [1.54, 1.807) is 42.3 Å². The Bertz CT molecular complexity index is 1320. The number of nitrogens with zero attached hydrogens (tertiary/aromatic N) is 5. The summed E-state index contributed by atoms with van der Waals surface area (Å²) in [6, 6.07) is 12.8. The summed E-state index contributed by atoms with van der Waals surface area (Å²) in [6.07, 6.45) is 1.81. The van der Waals surface area contributed by atoms with Crippen LogP contribution in [-0.2, 0) is 6.54 Å². The van der Waals surface area contributed by atoms with E-state index in [1.165, 1.54) is 0 Å². The van der Waals surface area contributed by atoms with E-state index in [0.29, 0.717) is 39.0 Å². The zero-order chi connectivity index (χ0) is 23.0. The fourth-order valence-electron chi connectivity index (χ4n) is 3.66. The summed E-state index contributed by atoms with van der Waals surface area (Å²) in [4.78, 5) is 24.4. The maximum Gasteiger partial charge on any atom is 0.273 e. The van der Waals surface area contributed by atoms with E-state index in [2.05, 4.69) is 28.9 Å². The maximum absolute atomic E-state index is 13.5. The first-order valence-electron chi connectivity index (χ1n) is 10.3. The minimum atomic E-state index is -0.223. The van der Waals surface area contributed by atoms with Gasteiger partial charge in [-0.3, -0.25) is 9.48 Å². The van der Waals surface area contributed by atoms with Gasteiger partial charge in [-0.15, -0.1) is 0 Å². The summed E-state index contributed by atoms with van der Waals surface area (Å²) in [5, 5.41) is 6.14. The Kier molecular flexibility index (Phi) is 6.17. The number of aromatic nitrogens is 4. The molecule has 4 rings (SSSR count). The number of carbonyl (C=O) groups excluding carboxylic acids is 1. The Balaban J connectivity index is 1.76. The van der Waals surface area contributed by atoms with Gasteiger partial charge in [0.1, 0.15) is 5.69 Å². The second-order valence-electron chi connectivity index (χ2n) is 8.02. The minimum Gasteiger partial charge on any atom is -0.336 e. The largest absolute Gasteiger partial charge is 0.336 e. The first-order valence-corrected chi connectivity index (χ1v) is 11.0. The molecule has 2 aromatic heterocycles. The Morgan fingerprint density at radius 2 is 1.84 bits per heavy atom. The Morgan fingerprint density at radius 1 is 1.09 bits per heavy atom. The molecule has 164 valence electrons. The zero-order valence-corrected chi connectivity index (χ0v) is 19.8. The Morgan fingerprint density at radius 3 is 2.53 bits per heavy atom. The van der Waals surface area contributed by atoms with Crippen LogP contribution in [0.4, 0.5) is 0 Å². The summed E-state index contributed by atoms with van der Waals surface area (Å²) < 4.78 is 1.95. The van der Waals surface area contributed by atoms with Crippen LogP contribution in [0.15, 0.2) is 48.7 Å². The van der Waals surface area contributed by atoms with E-state index < -0.39 is 0 Å². The molecular weight excluding hydrogens is 445 g/mol. The van der Waals surface area contributed by atoms with Crippen molar-refractivity contribution >= 4 is 40.0 Å². The monoisotopic (exact) mass is 467 g/mol. The van der Waals surface area contributed by atoms with Crippen LogP contribution in [0.25, 0.3) is 22.3 Å². The molecule has 2 aromatic carbocycles. The lowest BCUT2D eigenvalue weighted by molar-refractivity contribution is 0.0781. The van der Waals surface area contributed by atoms with Crippen LogP contribution >= 0.6 is 23.2 Å². The fourth-order valence-corrected chi connectivity index (χ4v) is 4.03. The predicted octanol–water partition coefficient (Wildman–Crippen LogP) is 5.96. The number of hydrogen-bond acceptors (Lipinski definition) is 4. The highest BCUT2D eigenvalue weighted by atomic mass is 35.5. The maximum atomic E-state index is 13.5. The van der Waals surface area contributed by atoms with E-state index in [0.717, 1.165) is 16.8 Å². The molecule has 0 bridgehead atoms. The van der Waals surface area contributed by atoms with Crippen molar-refractivity contribution in [1.82, 2.24) is 24.6 Å². The lowest BCUT2D eigenvalue weighted by Crippen LogP contribution is -2.28. The van der Waals surface area contributed by atoms with Crippen molar-refractivity contribution in [3.8, 4) is 11.4 Å². The summed E-state index contributed by atoms with van der Waals surface area (Å²) in [5.41, 5.74) is 3.69. The van der Waals surface area contributed by atoms with Gasteiger partial charge in [-0.2, -0.15) is 5.10 Å². The molecule has 4 aromatic rings. The molecule has 8 heteroatoms. The van der Waals surface area contributed by atoms with Crippen molar-refractivity contribution in [2.24, 2.45) is 0 Å². The molecule has 6 nitrogen and oxygen atoms in total. The van der Waals surface area contributed by atoms with Crippen LogP contribution in [0.5, 0.6) is 0 Å². The first-order chi connectivity index (χ1) is 15.2. The molecule has 2 heterocycles. The highest BCUT2D eigenvalue weighted by Crippen LogP contribution is 2.27. The number of fused-ring (bicyclic) bond motifs is 1. The van der Waals surface area contributed by atoms with Gasteiger partial charge >= 0.3 is 0 Å². The molecule has 0 saturated heterocycles. The average Bonchev–Trinajstić information content (AvgIpc) is 3.12. The van der Waals surface area contributed by atoms with Crippen LogP contribution in [0.1, 0.15) is 41.6 Å². The van der Waals surface area contributed by atoms with Gasteiger partial charge in [-0.05, 0) is 51.1 Å². The number of benzene rings is 2. The zero-order valence-electron chi connectivity index (χ0n) is 18.3. The molecule has 0 aliphatic heterocycles. The van der Waals surface area contributed by atoms with Crippen LogP contribution in [0, 0.1) is 6.92 Å². The van der Waals surface area contributed by atoms with Gasteiger partial charge in [0.25, 0.3) is 5.91 Å². The molecule has 1 amide bonds. The van der Waals surface area contributed by atoms with Crippen molar-refractivity contribution in [2.75, 3.05) is 7.05 Å². The summed E-state index contributed by atoms with van der Waals surface area (Å²) in [7, 11) is 1.76. The molecule has 0 saturated carbocycles. The van der Waals surface area contributed by atoms with Gasteiger partial charge in [0.05, 0.1) is 11.7 Å². The van der Waals surface area contributed by atoms with Gasteiger partial charge in [-0.25, -0.2) is 9.97 Å². The predicted molar refractivity (Wildman–Crippen MR) is 128 cm³/mol. The van der Waals surface area contributed by atoms with Crippen molar-refractivity contribution in [1.29, 1.82) is 0 Å². The van der Waals surface area contributed by atoms with E-state index in [-0.39, 0.29) is 11.9 Å². The third-order valence-electron chi connectivity index (χ3n) is 5.33. The highest BCUT2D eigenvalue weighted by molar-refractivity contribution is 6.31. The van der Waals surface area contributed by atoms with E-state index in [1.807, 2.05) is 29.9 Å². The second-order valence-corrected chi connectivity index (χ2v) is 8.90. The van der Waals surface area contributed by atoms with E-state index >= 15 is 0 Å². The third kappa shape index (κ3) is 4.33. The summed E-state index contributed by atoms with van der Waals surface area (Å²) in [5.74, 6) is 0.211. The first kappa shape index (κ1) is 22.2. The van der Waals surface area contributed by atoms with Gasteiger partial charge in [-0.1, -0.05) is 35.3 Å². The summed E-state index contributed by atoms with van der Waals surface area (Å²) in [6.45, 7) is 6.58. The molecule has 0 aliphatic rings. The van der Waals surface area contributed by atoms with Gasteiger partial charge < -0.3 is 4.90 Å². The van der Waals surface area contributed by atoms with E-state index in [4.69, 9.17) is 23.2 Å². The molecule has 32 heavy (non-hydrogen) atoms. The normalized spacial score (nSPS) is 11.3. The SMILES string of the molecule is Cc1c(CN(C)C(=O)c2nc(-c3cccc(Cl)c3)nc3ccc(Cl)cc23)cnn1C(C)C. The molecule has 0 aliphatic carbocycles. The molecule has 0 radical (unpaired) electrons. The average molecular weight is 468 g/mol. The highest BCUT2D eigenvalue weighted by Gasteiger charge is 2.21. The lowest BCUT2D eigenvalue weighted by Gasteiger charge is -2.18. The molecular formula is C24H23Cl2N5O. The number of halogens is 2. The molecule has 0 fully saturated rings. The van der Waals surface area contributed by atoms with Gasteiger partial charge in [0, 0.05) is 51.9 Å². The third-order valence-corrected chi connectivity index (χ3v) is 5.80. The van der Waals surface area contributed by atoms with Crippen molar-refractivity contribution in [2.45, 2.75) is 33.4 Å². The molecule has 0 spiro atoms. The van der Waals surface area contributed by atoms with Gasteiger partial charge in [0.15, 0.2) is 5.82 Å². The topological polar surface area (TPSA) is 63.9 Å². The van der Waals surface area contributed by atoms with Crippen LogP contribution < -0.4 is 0 Å². The van der Waals surface area contributed by atoms with Crippen LogP contribution in [0.2, 0.25) is 10.0 Å². The summed E-state index contributed by atoms with van der Waals surface area (Å²) >= 11 is 12.4. The number of carbonyl (C=O) groups is 1.